The second kappa shape index (κ2) is 6.51. The molecule has 0 spiro atoms. The van der Waals surface area contributed by atoms with Crippen LogP contribution >= 0.6 is 11.6 Å². The Morgan fingerprint density at radius 2 is 2.21 bits per heavy atom. The smallest absolute Gasteiger partial charge is 0.410 e. The Balaban J connectivity index is 1.62. The van der Waals surface area contributed by atoms with Crippen LogP contribution < -0.4 is 4.74 Å². The van der Waals surface area contributed by atoms with Gasteiger partial charge in [0.05, 0.1) is 5.54 Å². The van der Waals surface area contributed by atoms with Crippen LogP contribution in [0, 0.1) is 6.92 Å². The number of cyclic esters (lactones) is 1. The highest BCUT2D eigenvalue weighted by Crippen LogP contribution is 2.31. The number of carbonyl (C=O) groups excluding carboxylic acids is 2. The summed E-state index contributed by atoms with van der Waals surface area (Å²) in [5.41, 5.74) is 0.487. The first-order chi connectivity index (χ1) is 11.4. The fraction of sp³-hybridized carbons (Fsp3) is 0.529. The Hall–Kier alpha value is -1.95. The van der Waals surface area contributed by atoms with Crippen LogP contribution in [0.5, 0.6) is 5.75 Å². The number of hydrogen-bond donors (Lipinski definition) is 0. The van der Waals surface area contributed by atoms with E-state index in [0.717, 1.165) is 12.0 Å². The van der Waals surface area contributed by atoms with Crippen LogP contribution in [0.2, 0.25) is 5.02 Å². The standard InChI is InChI=1S/C17H21ClN2O4/c1-3-17-10-19(6-7-20(17)16(22)24-11-17)15(21)9-23-14-5-4-13(18)8-12(14)2/h4-5,8H,3,6-7,9-11H2,1-2H3. The van der Waals surface area contributed by atoms with Crippen molar-refractivity contribution in [2.45, 2.75) is 25.8 Å². The number of aryl methyl sites for hydroxylation is 1. The van der Waals surface area contributed by atoms with E-state index in [1.54, 1.807) is 28.0 Å². The van der Waals surface area contributed by atoms with Crippen molar-refractivity contribution in [2.24, 2.45) is 0 Å². The molecule has 3 rings (SSSR count). The van der Waals surface area contributed by atoms with E-state index < -0.39 is 5.54 Å². The molecule has 0 aromatic heterocycles. The van der Waals surface area contributed by atoms with E-state index in [1.807, 2.05) is 13.8 Å². The van der Waals surface area contributed by atoms with Crippen molar-refractivity contribution in [3.63, 3.8) is 0 Å². The van der Waals surface area contributed by atoms with E-state index in [0.29, 0.717) is 37.0 Å². The summed E-state index contributed by atoms with van der Waals surface area (Å²) >= 11 is 5.92. The summed E-state index contributed by atoms with van der Waals surface area (Å²) < 4.78 is 10.8. The van der Waals surface area contributed by atoms with Crippen molar-refractivity contribution in [1.82, 2.24) is 9.80 Å². The average Bonchev–Trinajstić information content (AvgIpc) is 2.91. The highest BCUT2D eigenvalue weighted by Gasteiger charge is 2.50. The second-order valence-corrected chi connectivity index (χ2v) is 6.73. The molecule has 2 amide bonds. The molecule has 1 aromatic carbocycles. The van der Waals surface area contributed by atoms with Crippen LogP contribution in [0.4, 0.5) is 4.79 Å². The lowest BCUT2D eigenvalue weighted by atomic mass is 9.93. The zero-order chi connectivity index (χ0) is 17.3. The Kier molecular flexibility index (Phi) is 4.58. The maximum absolute atomic E-state index is 12.5. The minimum atomic E-state index is -0.402. The van der Waals surface area contributed by atoms with Crippen LogP contribution in [0.15, 0.2) is 18.2 Å². The summed E-state index contributed by atoms with van der Waals surface area (Å²) in [4.78, 5) is 27.8. The summed E-state index contributed by atoms with van der Waals surface area (Å²) in [5, 5.41) is 0.637. The molecule has 0 aliphatic carbocycles. The molecular formula is C17H21ClN2O4. The van der Waals surface area contributed by atoms with Crippen molar-refractivity contribution in [3.8, 4) is 5.75 Å². The number of carbonyl (C=O) groups is 2. The maximum Gasteiger partial charge on any atom is 0.410 e. The minimum absolute atomic E-state index is 0.0307. The van der Waals surface area contributed by atoms with Gasteiger partial charge in [0.25, 0.3) is 5.91 Å². The predicted octanol–water partition coefficient (Wildman–Crippen LogP) is 2.47. The van der Waals surface area contributed by atoms with Gasteiger partial charge in [0, 0.05) is 24.7 Å². The molecule has 1 atom stereocenters. The number of benzene rings is 1. The highest BCUT2D eigenvalue weighted by atomic mass is 35.5. The van der Waals surface area contributed by atoms with Crippen molar-refractivity contribution in [3.05, 3.63) is 28.8 Å². The van der Waals surface area contributed by atoms with E-state index >= 15 is 0 Å². The number of piperazine rings is 1. The molecule has 2 fully saturated rings. The molecule has 2 saturated heterocycles. The lowest BCUT2D eigenvalue weighted by Gasteiger charge is -2.44. The number of halogens is 1. The molecule has 0 bridgehead atoms. The van der Waals surface area contributed by atoms with Crippen LogP contribution in [-0.2, 0) is 9.53 Å². The Labute approximate surface area is 146 Å². The third-order valence-corrected chi connectivity index (χ3v) is 5.07. The minimum Gasteiger partial charge on any atom is -0.483 e. The number of rotatable bonds is 4. The van der Waals surface area contributed by atoms with Gasteiger partial charge in [-0.25, -0.2) is 4.79 Å². The molecule has 0 N–H and O–H groups in total. The van der Waals surface area contributed by atoms with Crippen LogP contribution in [0.25, 0.3) is 0 Å². The SMILES string of the molecule is CCC12COC(=O)N1CCN(C(=O)COc1ccc(Cl)cc1C)C2. The van der Waals surface area contributed by atoms with Crippen LogP contribution in [-0.4, -0.2) is 60.2 Å². The summed E-state index contributed by atoms with van der Waals surface area (Å²) in [7, 11) is 0. The molecule has 6 nitrogen and oxygen atoms in total. The van der Waals surface area contributed by atoms with Crippen LogP contribution in [0.3, 0.4) is 0 Å². The quantitative estimate of drug-likeness (QED) is 0.835. The van der Waals surface area contributed by atoms with Gasteiger partial charge in [0.1, 0.15) is 12.4 Å². The van der Waals surface area contributed by atoms with Gasteiger partial charge >= 0.3 is 6.09 Å². The van der Waals surface area contributed by atoms with E-state index in [1.165, 1.54) is 0 Å². The molecule has 0 radical (unpaired) electrons. The first-order valence-corrected chi connectivity index (χ1v) is 8.44. The zero-order valence-corrected chi connectivity index (χ0v) is 14.6. The van der Waals surface area contributed by atoms with Gasteiger partial charge in [-0.05, 0) is 37.1 Å². The van der Waals surface area contributed by atoms with Gasteiger partial charge in [-0.3, -0.25) is 9.69 Å². The first-order valence-electron chi connectivity index (χ1n) is 8.06. The number of nitrogens with zero attached hydrogens (tertiary/aromatic N) is 2. The zero-order valence-electron chi connectivity index (χ0n) is 13.9. The summed E-state index contributed by atoms with van der Waals surface area (Å²) in [6, 6.07) is 5.30. The Morgan fingerprint density at radius 1 is 1.42 bits per heavy atom. The molecule has 1 aromatic rings. The van der Waals surface area contributed by atoms with E-state index in [9.17, 15) is 9.59 Å². The largest absolute Gasteiger partial charge is 0.483 e. The number of ether oxygens (including phenoxy) is 2. The lowest BCUT2D eigenvalue weighted by molar-refractivity contribution is -0.137. The number of fused-ring (bicyclic) bond motifs is 1. The Bertz CT molecular complexity index is 666. The third-order valence-electron chi connectivity index (χ3n) is 4.83. The van der Waals surface area contributed by atoms with Gasteiger partial charge < -0.3 is 14.4 Å². The van der Waals surface area contributed by atoms with E-state index in [2.05, 4.69) is 0 Å². The predicted molar refractivity (Wildman–Crippen MR) is 89.3 cm³/mol. The summed E-state index contributed by atoms with van der Waals surface area (Å²) in [6.45, 7) is 5.68. The topological polar surface area (TPSA) is 59.1 Å². The first kappa shape index (κ1) is 16.9. The maximum atomic E-state index is 12.5. The van der Waals surface area contributed by atoms with Crippen LogP contribution in [0.1, 0.15) is 18.9 Å². The van der Waals surface area contributed by atoms with Gasteiger partial charge in [0.15, 0.2) is 6.61 Å². The average molecular weight is 353 g/mol. The van der Waals surface area contributed by atoms with E-state index in [-0.39, 0.29) is 18.6 Å². The van der Waals surface area contributed by atoms with Gasteiger partial charge in [-0.1, -0.05) is 18.5 Å². The second-order valence-electron chi connectivity index (χ2n) is 6.30. The van der Waals surface area contributed by atoms with Crippen molar-refractivity contribution in [1.29, 1.82) is 0 Å². The molecule has 2 aliphatic heterocycles. The molecular weight excluding hydrogens is 332 g/mol. The molecule has 2 aliphatic rings. The molecule has 7 heteroatoms. The summed E-state index contributed by atoms with van der Waals surface area (Å²) in [6.07, 6.45) is 0.469. The normalized spacial score (nSPS) is 23.0. The molecule has 0 saturated carbocycles. The fourth-order valence-electron chi connectivity index (χ4n) is 3.28. The fourth-order valence-corrected chi connectivity index (χ4v) is 3.51. The van der Waals surface area contributed by atoms with Crippen molar-refractivity contribution < 1.29 is 19.1 Å². The Morgan fingerprint density at radius 3 is 2.92 bits per heavy atom. The van der Waals surface area contributed by atoms with Gasteiger partial charge in [-0.2, -0.15) is 0 Å². The molecule has 2 heterocycles. The van der Waals surface area contributed by atoms with Gasteiger partial charge in [0.2, 0.25) is 0 Å². The number of hydrogen-bond acceptors (Lipinski definition) is 4. The van der Waals surface area contributed by atoms with E-state index in [4.69, 9.17) is 21.1 Å². The van der Waals surface area contributed by atoms with Crippen molar-refractivity contribution >= 4 is 23.6 Å². The third kappa shape index (κ3) is 3.02. The monoisotopic (exact) mass is 352 g/mol. The van der Waals surface area contributed by atoms with Gasteiger partial charge in [-0.15, -0.1) is 0 Å². The molecule has 1 unspecified atom stereocenters. The summed E-state index contributed by atoms with van der Waals surface area (Å²) in [5.74, 6) is 0.562. The lowest BCUT2D eigenvalue weighted by Crippen LogP contribution is -2.62. The molecule has 130 valence electrons. The van der Waals surface area contributed by atoms with Crippen molar-refractivity contribution in [2.75, 3.05) is 32.8 Å². The number of amides is 2. The highest BCUT2D eigenvalue weighted by molar-refractivity contribution is 6.30. The molecule has 24 heavy (non-hydrogen) atoms.